The van der Waals surface area contributed by atoms with E-state index in [-0.39, 0.29) is 20.8 Å². The molecular formula is C27H14Cl5F6NO3. The van der Waals surface area contributed by atoms with Crippen molar-refractivity contribution in [3.63, 3.8) is 0 Å². The molecule has 1 saturated carbocycles. The molecule has 0 unspecified atom stereocenters. The molecule has 42 heavy (non-hydrogen) atoms. The smallest absolute Gasteiger partial charge is 0.296 e. The average Bonchev–Trinajstić information content (AvgIpc) is 3.49. The highest BCUT2D eigenvalue weighted by molar-refractivity contribution is 6.54. The summed E-state index contributed by atoms with van der Waals surface area (Å²) < 4.78 is 81.4. The molecule has 0 radical (unpaired) electrons. The molecule has 4 nitrogen and oxygen atoms in total. The lowest BCUT2D eigenvalue weighted by Crippen LogP contribution is -2.19. The summed E-state index contributed by atoms with van der Waals surface area (Å²) in [7, 11) is 0. The van der Waals surface area contributed by atoms with Crippen LogP contribution in [0.5, 0.6) is 0 Å². The van der Waals surface area contributed by atoms with Gasteiger partial charge in [0.15, 0.2) is 17.4 Å². The topological polar surface area (TPSA) is 63.2 Å². The molecule has 0 saturated heterocycles. The Kier molecular flexibility index (Phi) is 9.45. The van der Waals surface area contributed by atoms with Gasteiger partial charge in [0.05, 0.1) is 26.5 Å². The van der Waals surface area contributed by atoms with E-state index in [0.29, 0.717) is 17.7 Å². The van der Waals surface area contributed by atoms with Gasteiger partial charge in [0.2, 0.25) is 11.7 Å². The Morgan fingerprint density at radius 2 is 1.48 bits per heavy atom. The minimum atomic E-state index is -3.49. The van der Waals surface area contributed by atoms with Crippen LogP contribution >= 0.6 is 58.0 Å². The summed E-state index contributed by atoms with van der Waals surface area (Å²) in [4.78, 5) is 37.1. The van der Waals surface area contributed by atoms with Crippen molar-refractivity contribution in [1.82, 2.24) is 0 Å². The van der Waals surface area contributed by atoms with E-state index in [2.05, 4.69) is 5.32 Å². The first-order valence-electron chi connectivity index (χ1n) is 11.7. The highest BCUT2D eigenvalue weighted by Crippen LogP contribution is 2.65. The van der Waals surface area contributed by atoms with Gasteiger partial charge < -0.3 is 5.32 Å². The third kappa shape index (κ3) is 6.38. The van der Waals surface area contributed by atoms with Gasteiger partial charge in [0.25, 0.3) is 6.43 Å². The minimum absolute atomic E-state index is 0.0656. The first kappa shape index (κ1) is 32.4. The molecule has 1 N–H and O–H groups in total. The lowest BCUT2D eigenvalue weighted by molar-refractivity contribution is -0.128. The highest BCUT2D eigenvalue weighted by Gasteiger charge is 2.67. The van der Waals surface area contributed by atoms with Crippen LogP contribution in [-0.2, 0) is 22.4 Å². The van der Waals surface area contributed by atoms with E-state index in [4.69, 9.17) is 58.0 Å². The fourth-order valence-electron chi connectivity index (χ4n) is 4.37. The number of alkyl halides is 4. The van der Waals surface area contributed by atoms with Crippen LogP contribution in [0, 0.1) is 29.2 Å². The number of ketones is 2. The molecule has 0 spiro atoms. The third-order valence-corrected chi connectivity index (χ3v) is 8.65. The molecule has 1 fully saturated rings. The van der Waals surface area contributed by atoms with Gasteiger partial charge in [-0.25, -0.2) is 26.3 Å². The second kappa shape index (κ2) is 12.2. The lowest BCUT2D eigenvalue weighted by Gasteiger charge is -2.11. The average molecular weight is 692 g/mol. The number of benzene rings is 3. The van der Waals surface area contributed by atoms with E-state index >= 15 is 0 Å². The lowest BCUT2D eigenvalue weighted by atomic mass is 9.97. The summed E-state index contributed by atoms with van der Waals surface area (Å²) in [5.41, 5.74) is -2.50. The number of Topliss-reactive ketones (excluding diaryl/α,β-unsaturated/α-hetero) is 2. The van der Waals surface area contributed by atoms with Gasteiger partial charge in [-0.05, 0) is 35.4 Å². The predicted molar refractivity (Wildman–Crippen MR) is 146 cm³/mol. The number of hydrogen-bond acceptors (Lipinski definition) is 3. The predicted octanol–water partition coefficient (Wildman–Crippen LogP) is 8.53. The Hall–Kier alpha value is -2.50. The van der Waals surface area contributed by atoms with Crippen molar-refractivity contribution in [2.45, 2.75) is 29.5 Å². The van der Waals surface area contributed by atoms with Crippen LogP contribution in [0.2, 0.25) is 15.1 Å². The fraction of sp³-hybridized carbons (Fsp3) is 0.222. The van der Waals surface area contributed by atoms with Crippen molar-refractivity contribution in [3.05, 3.63) is 97.0 Å². The van der Waals surface area contributed by atoms with Gasteiger partial charge in [0, 0.05) is 36.1 Å². The normalized spacial score (nSPS) is 17.3. The second-order valence-corrected chi connectivity index (χ2v) is 11.9. The largest absolute Gasteiger partial charge is 0.326 e. The Morgan fingerprint density at radius 3 is 2.07 bits per heavy atom. The van der Waals surface area contributed by atoms with E-state index in [0.717, 1.165) is 12.1 Å². The number of rotatable bonds is 9. The maximum absolute atomic E-state index is 14.8. The molecule has 4 rings (SSSR count). The van der Waals surface area contributed by atoms with Gasteiger partial charge >= 0.3 is 0 Å². The Morgan fingerprint density at radius 1 is 0.857 bits per heavy atom. The molecule has 222 valence electrons. The Balaban J connectivity index is 1.56. The zero-order chi connectivity index (χ0) is 31.3. The molecule has 3 aromatic rings. The zero-order valence-electron chi connectivity index (χ0n) is 20.5. The SMILES string of the molecule is O=C(Cc1ccc(F)c(CC(=O)C(F)F)c1F)c1cc(NC(=O)[C@H]2[C@H](c3cc(Cl)c(Cl)c(Cl)c3)C2(Cl)Cl)cc(F)c1F. The number of amides is 1. The summed E-state index contributed by atoms with van der Waals surface area (Å²) in [5, 5.41) is 2.51. The van der Waals surface area contributed by atoms with Crippen molar-refractivity contribution < 1.29 is 40.7 Å². The number of carbonyl (C=O) groups is 3. The second-order valence-electron chi connectivity index (χ2n) is 9.28. The molecule has 15 heteroatoms. The van der Waals surface area contributed by atoms with Crippen LogP contribution in [-0.4, -0.2) is 28.2 Å². The van der Waals surface area contributed by atoms with E-state index in [1.165, 1.54) is 12.1 Å². The van der Waals surface area contributed by atoms with Crippen molar-refractivity contribution in [1.29, 1.82) is 0 Å². The van der Waals surface area contributed by atoms with Crippen molar-refractivity contribution >= 4 is 81.2 Å². The summed E-state index contributed by atoms with van der Waals surface area (Å²) >= 11 is 30.6. The molecule has 3 aromatic carbocycles. The molecular weight excluding hydrogens is 678 g/mol. The number of anilines is 1. The minimum Gasteiger partial charge on any atom is -0.326 e. The molecule has 1 aliphatic carbocycles. The van der Waals surface area contributed by atoms with Crippen LogP contribution in [0.15, 0.2) is 36.4 Å². The first-order valence-corrected chi connectivity index (χ1v) is 13.6. The molecule has 0 aliphatic heterocycles. The Labute approximate surface area is 258 Å². The van der Waals surface area contributed by atoms with Gasteiger partial charge in [-0.15, -0.1) is 23.2 Å². The quantitative estimate of drug-likeness (QED) is 0.106. The van der Waals surface area contributed by atoms with E-state index < -0.39 is 92.9 Å². The van der Waals surface area contributed by atoms with E-state index in [1.807, 2.05) is 0 Å². The van der Waals surface area contributed by atoms with Crippen molar-refractivity contribution in [2.75, 3.05) is 5.32 Å². The van der Waals surface area contributed by atoms with Crippen LogP contribution < -0.4 is 5.32 Å². The van der Waals surface area contributed by atoms with Crippen LogP contribution in [0.25, 0.3) is 0 Å². The zero-order valence-corrected chi connectivity index (χ0v) is 24.3. The van der Waals surface area contributed by atoms with Crippen LogP contribution in [0.4, 0.5) is 32.0 Å². The summed E-state index contributed by atoms with van der Waals surface area (Å²) in [6.45, 7) is 0. The van der Waals surface area contributed by atoms with E-state index in [1.54, 1.807) is 0 Å². The molecule has 1 aliphatic rings. The van der Waals surface area contributed by atoms with Crippen molar-refractivity contribution in [3.8, 4) is 0 Å². The number of carbonyl (C=O) groups excluding carboxylic acids is 3. The maximum Gasteiger partial charge on any atom is 0.296 e. The van der Waals surface area contributed by atoms with Gasteiger partial charge in [-0.2, -0.15) is 0 Å². The highest BCUT2D eigenvalue weighted by atomic mass is 35.5. The van der Waals surface area contributed by atoms with Gasteiger partial charge in [-0.1, -0.05) is 40.9 Å². The molecule has 0 heterocycles. The van der Waals surface area contributed by atoms with Gasteiger partial charge in [0.1, 0.15) is 16.0 Å². The van der Waals surface area contributed by atoms with E-state index in [9.17, 15) is 40.7 Å². The number of halogens is 11. The number of hydrogen-bond donors (Lipinski definition) is 1. The van der Waals surface area contributed by atoms with Crippen LogP contribution in [0.1, 0.15) is 33.0 Å². The molecule has 1 amide bonds. The standard InChI is InChI=1S/C27H14Cl5F6NO3/c28-14-3-10(4-15(29)22(14)30)20-21(27(20,31)32)26(42)39-11-6-13(24(36)17(34)7-11)18(40)5-9-1-2-16(33)12(23(9)35)8-19(41)25(37)38/h1-4,6-7,20-21,25H,5,8H2,(H,39,42)/t20-,21+/m0/s1. The number of nitrogens with one attached hydrogen (secondary N) is 1. The van der Waals surface area contributed by atoms with Crippen molar-refractivity contribution in [2.24, 2.45) is 5.92 Å². The summed E-state index contributed by atoms with van der Waals surface area (Å²) in [6, 6.07) is 5.61. The molecule has 0 aromatic heterocycles. The first-order chi connectivity index (χ1) is 19.5. The maximum atomic E-state index is 14.8. The summed E-state index contributed by atoms with van der Waals surface area (Å²) in [5.74, 6) is -11.7. The van der Waals surface area contributed by atoms with Crippen LogP contribution in [0.3, 0.4) is 0 Å². The molecule has 0 bridgehead atoms. The monoisotopic (exact) mass is 689 g/mol. The fourth-order valence-corrected chi connectivity index (χ4v) is 5.81. The Bertz CT molecular complexity index is 1610. The van der Waals surface area contributed by atoms with Gasteiger partial charge in [-0.3, -0.25) is 14.4 Å². The third-order valence-electron chi connectivity index (χ3n) is 6.51. The molecule has 2 atom stereocenters. The summed E-state index contributed by atoms with van der Waals surface area (Å²) in [6.07, 6.45) is -5.74.